The van der Waals surface area contributed by atoms with Crippen LogP contribution in [0.3, 0.4) is 0 Å². The van der Waals surface area contributed by atoms with Gasteiger partial charge in [-0.2, -0.15) is 5.26 Å². The van der Waals surface area contributed by atoms with Crippen molar-refractivity contribution < 1.29 is 4.39 Å². The van der Waals surface area contributed by atoms with E-state index in [4.69, 9.17) is 0 Å². The molecule has 0 bridgehead atoms. The van der Waals surface area contributed by atoms with Gasteiger partial charge in [0, 0.05) is 0 Å². The summed E-state index contributed by atoms with van der Waals surface area (Å²) in [6.07, 6.45) is 2.91. The lowest BCUT2D eigenvalue weighted by atomic mass is 9.69. The molecule has 1 atom stereocenters. The fraction of sp³-hybridized carbons (Fsp3) is 0.278. The number of halogens is 1. The zero-order valence-corrected chi connectivity index (χ0v) is 11.3. The van der Waals surface area contributed by atoms with Gasteiger partial charge in [-0.25, -0.2) is 4.39 Å². The number of nitriles is 1. The van der Waals surface area contributed by atoms with Crippen LogP contribution in [-0.4, -0.2) is 0 Å². The first-order chi connectivity index (χ1) is 9.72. The Balaban J connectivity index is 1.91. The number of hydrogen-bond acceptors (Lipinski definition) is 1. The van der Waals surface area contributed by atoms with E-state index in [1.807, 2.05) is 18.2 Å². The van der Waals surface area contributed by atoms with Crippen LogP contribution in [0.25, 0.3) is 0 Å². The molecule has 0 saturated carbocycles. The second kappa shape index (κ2) is 5.09. The Bertz CT molecular complexity index is 671. The molecule has 0 saturated heterocycles. The molecule has 0 aliphatic heterocycles. The monoisotopic (exact) mass is 265 g/mol. The Hall–Kier alpha value is -2.14. The van der Waals surface area contributed by atoms with Crippen LogP contribution in [0.1, 0.15) is 23.1 Å². The van der Waals surface area contributed by atoms with Gasteiger partial charge < -0.3 is 0 Å². The number of hydrogen-bond donors (Lipinski definition) is 0. The summed E-state index contributed by atoms with van der Waals surface area (Å²) in [5.41, 5.74) is 2.73. The van der Waals surface area contributed by atoms with E-state index >= 15 is 0 Å². The third-order valence-corrected chi connectivity index (χ3v) is 4.24. The lowest BCUT2D eigenvalue weighted by Crippen LogP contribution is -2.30. The molecular weight excluding hydrogens is 249 g/mol. The quantitative estimate of drug-likeness (QED) is 0.803. The average Bonchev–Trinajstić information content (AvgIpc) is 2.49. The minimum absolute atomic E-state index is 0.207. The van der Waals surface area contributed by atoms with Gasteiger partial charge in [0.25, 0.3) is 0 Å². The molecule has 20 heavy (non-hydrogen) atoms. The SMILES string of the molecule is N#CC1(Cc2ccccc2F)CCc2ccccc2C1. The molecule has 0 heterocycles. The third-order valence-electron chi connectivity index (χ3n) is 4.24. The van der Waals surface area contributed by atoms with Crippen LogP contribution >= 0.6 is 0 Å². The van der Waals surface area contributed by atoms with Gasteiger partial charge in [-0.15, -0.1) is 0 Å². The Kier molecular flexibility index (Phi) is 3.28. The molecule has 2 heteroatoms. The van der Waals surface area contributed by atoms with E-state index in [9.17, 15) is 9.65 Å². The Morgan fingerprint density at radius 3 is 2.50 bits per heavy atom. The lowest BCUT2D eigenvalue weighted by molar-refractivity contribution is 0.335. The minimum Gasteiger partial charge on any atom is -0.207 e. The van der Waals surface area contributed by atoms with Crippen molar-refractivity contribution in [2.45, 2.75) is 25.7 Å². The highest BCUT2D eigenvalue weighted by atomic mass is 19.1. The first kappa shape index (κ1) is 12.9. The first-order valence-corrected chi connectivity index (χ1v) is 6.94. The molecule has 2 aromatic carbocycles. The molecule has 1 nitrogen and oxygen atoms in total. The van der Waals surface area contributed by atoms with Gasteiger partial charge in [0.2, 0.25) is 0 Å². The maximum atomic E-state index is 13.8. The molecule has 0 aromatic heterocycles. The van der Waals surface area contributed by atoms with E-state index in [0.29, 0.717) is 18.4 Å². The van der Waals surface area contributed by atoms with Crippen molar-refractivity contribution in [2.75, 3.05) is 0 Å². The maximum Gasteiger partial charge on any atom is 0.126 e. The number of nitrogens with zero attached hydrogens (tertiary/aromatic N) is 1. The van der Waals surface area contributed by atoms with Crippen LogP contribution in [0.5, 0.6) is 0 Å². The Morgan fingerprint density at radius 1 is 1.05 bits per heavy atom. The van der Waals surface area contributed by atoms with Crippen molar-refractivity contribution in [3.8, 4) is 6.07 Å². The van der Waals surface area contributed by atoms with Crippen molar-refractivity contribution in [3.63, 3.8) is 0 Å². The molecule has 1 unspecified atom stereocenters. The molecule has 0 N–H and O–H groups in total. The van der Waals surface area contributed by atoms with E-state index in [2.05, 4.69) is 18.2 Å². The standard InChI is InChI=1S/C18H16FN/c19-17-8-4-3-7-16(17)12-18(13-20)10-9-14-5-1-2-6-15(14)11-18/h1-8H,9-12H2. The number of benzene rings is 2. The number of aryl methyl sites for hydroxylation is 1. The summed E-state index contributed by atoms with van der Waals surface area (Å²) >= 11 is 0. The summed E-state index contributed by atoms with van der Waals surface area (Å²) in [6.45, 7) is 0. The minimum atomic E-state index is -0.476. The first-order valence-electron chi connectivity index (χ1n) is 6.94. The van der Waals surface area contributed by atoms with Crippen molar-refractivity contribution in [2.24, 2.45) is 5.41 Å². The molecule has 100 valence electrons. The van der Waals surface area contributed by atoms with E-state index in [0.717, 1.165) is 12.8 Å². The van der Waals surface area contributed by atoms with Crippen LogP contribution < -0.4 is 0 Å². The topological polar surface area (TPSA) is 23.8 Å². The molecular formula is C18H16FN. The highest BCUT2D eigenvalue weighted by Gasteiger charge is 2.35. The number of rotatable bonds is 2. The van der Waals surface area contributed by atoms with Gasteiger partial charge in [0.15, 0.2) is 0 Å². The van der Waals surface area contributed by atoms with Crippen LogP contribution in [0, 0.1) is 22.6 Å². The molecule has 0 amide bonds. The largest absolute Gasteiger partial charge is 0.207 e. The van der Waals surface area contributed by atoms with Crippen LogP contribution in [-0.2, 0) is 19.3 Å². The lowest BCUT2D eigenvalue weighted by Gasteiger charge is -2.32. The van der Waals surface area contributed by atoms with Crippen molar-refractivity contribution in [1.82, 2.24) is 0 Å². The fourth-order valence-electron chi connectivity index (χ4n) is 3.09. The molecule has 0 spiro atoms. The number of fused-ring (bicyclic) bond motifs is 1. The van der Waals surface area contributed by atoms with Crippen molar-refractivity contribution in [1.29, 1.82) is 5.26 Å². The van der Waals surface area contributed by atoms with E-state index < -0.39 is 5.41 Å². The predicted octanol–water partition coefficient (Wildman–Crippen LogP) is 4.07. The summed E-state index contributed by atoms with van der Waals surface area (Å²) in [6, 6.07) is 17.5. The highest BCUT2D eigenvalue weighted by Crippen LogP contribution is 2.38. The predicted molar refractivity (Wildman–Crippen MR) is 76.6 cm³/mol. The third kappa shape index (κ3) is 2.32. The highest BCUT2D eigenvalue weighted by molar-refractivity contribution is 5.34. The fourth-order valence-corrected chi connectivity index (χ4v) is 3.09. The summed E-state index contributed by atoms with van der Waals surface area (Å²) in [5.74, 6) is -0.207. The van der Waals surface area contributed by atoms with Gasteiger partial charge in [-0.1, -0.05) is 42.5 Å². The smallest absolute Gasteiger partial charge is 0.126 e. The average molecular weight is 265 g/mol. The van der Waals surface area contributed by atoms with Gasteiger partial charge in [0.1, 0.15) is 5.82 Å². The second-order valence-electron chi connectivity index (χ2n) is 5.61. The van der Waals surface area contributed by atoms with Crippen LogP contribution in [0.2, 0.25) is 0 Å². The summed E-state index contributed by atoms with van der Waals surface area (Å²) < 4.78 is 13.8. The normalized spacial score (nSPS) is 21.0. The van der Waals surface area contributed by atoms with E-state index in [-0.39, 0.29) is 5.82 Å². The van der Waals surface area contributed by atoms with E-state index in [1.165, 1.54) is 17.2 Å². The molecule has 1 aliphatic rings. The Labute approximate surface area is 118 Å². The van der Waals surface area contributed by atoms with Gasteiger partial charge in [0.05, 0.1) is 11.5 Å². The zero-order chi connectivity index (χ0) is 14.0. The summed E-state index contributed by atoms with van der Waals surface area (Å²) in [7, 11) is 0. The van der Waals surface area contributed by atoms with Gasteiger partial charge in [-0.05, 0) is 48.4 Å². The molecule has 3 rings (SSSR count). The van der Waals surface area contributed by atoms with Crippen molar-refractivity contribution >= 4 is 0 Å². The maximum absolute atomic E-state index is 13.8. The zero-order valence-electron chi connectivity index (χ0n) is 11.3. The molecule has 2 aromatic rings. The molecule has 1 aliphatic carbocycles. The Morgan fingerprint density at radius 2 is 1.75 bits per heavy atom. The molecule has 0 radical (unpaired) electrons. The van der Waals surface area contributed by atoms with Crippen LogP contribution in [0.15, 0.2) is 48.5 Å². The second-order valence-corrected chi connectivity index (χ2v) is 5.61. The summed E-state index contributed by atoms with van der Waals surface area (Å²) in [4.78, 5) is 0. The molecule has 0 fully saturated rings. The van der Waals surface area contributed by atoms with Gasteiger partial charge in [-0.3, -0.25) is 0 Å². The van der Waals surface area contributed by atoms with Crippen molar-refractivity contribution in [3.05, 3.63) is 71.0 Å². The van der Waals surface area contributed by atoms with E-state index in [1.54, 1.807) is 12.1 Å². The van der Waals surface area contributed by atoms with Gasteiger partial charge >= 0.3 is 0 Å². The van der Waals surface area contributed by atoms with Crippen LogP contribution in [0.4, 0.5) is 4.39 Å². The summed E-state index contributed by atoms with van der Waals surface area (Å²) in [5, 5.41) is 9.65.